The van der Waals surface area contributed by atoms with E-state index in [0.717, 1.165) is 9.90 Å². The van der Waals surface area contributed by atoms with Crippen molar-refractivity contribution in [2.24, 2.45) is 0 Å². The van der Waals surface area contributed by atoms with Crippen LogP contribution in [0.1, 0.15) is 19.0 Å². The van der Waals surface area contributed by atoms with Gasteiger partial charge in [-0.05, 0) is 13.3 Å². The first kappa shape index (κ1) is 11.3. The first-order valence-electron chi connectivity index (χ1n) is 4.17. The molecule has 4 nitrogen and oxygen atoms in total. The molecule has 1 heterocycles. The van der Waals surface area contributed by atoms with Crippen molar-refractivity contribution < 1.29 is 9.90 Å². The number of nitrogens with two attached hydrogens (primary N) is 1. The maximum atomic E-state index is 10.8. The number of aliphatic carboxylic acids is 1. The Kier molecular flexibility index (Phi) is 3.77. The molecule has 78 valence electrons. The molecule has 0 radical (unpaired) electrons. The number of hydrogen-bond acceptors (Lipinski definition) is 5. The second-order valence-electron chi connectivity index (χ2n) is 2.78. The number of thioether (sulfide) groups is 1. The average molecular weight is 232 g/mol. The Labute approximate surface area is 90.5 Å². The van der Waals surface area contributed by atoms with Gasteiger partial charge in [-0.2, -0.15) is 0 Å². The van der Waals surface area contributed by atoms with Gasteiger partial charge >= 0.3 is 5.97 Å². The number of carboxylic acid groups (broad SMARTS) is 1. The molecule has 0 bridgehead atoms. The number of anilines is 1. The monoisotopic (exact) mass is 232 g/mol. The molecule has 1 aromatic heterocycles. The van der Waals surface area contributed by atoms with Gasteiger partial charge in [0.1, 0.15) is 5.25 Å². The summed E-state index contributed by atoms with van der Waals surface area (Å²) in [5.41, 5.74) is 6.34. The molecule has 1 rings (SSSR count). The van der Waals surface area contributed by atoms with Gasteiger partial charge in [0, 0.05) is 0 Å². The van der Waals surface area contributed by atoms with E-state index in [9.17, 15) is 4.79 Å². The van der Waals surface area contributed by atoms with Crippen LogP contribution in [-0.2, 0) is 4.79 Å². The third-order valence-electron chi connectivity index (χ3n) is 1.67. The van der Waals surface area contributed by atoms with Crippen molar-refractivity contribution in [1.82, 2.24) is 4.98 Å². The maximum absolute atomic E-state index is 10.8. The third kappa shape index (κ3) is 2.62. The van der Waals surface area contributed by atoms with Gasteiger partial charge in [0.05, 0.1) is 9.90 Å². The van der Waals surface area contributed by atoms with E-state index in [4.69, 9.17) is 10.8 Å². The van der Waals surface area contributed by atoms with Gasteiger partial charge in [0.25, 0.3) is 0 Å². The largest absolute Gasteiger partial charge is 0.480 e. The molecule has 0 aliphatic carbocycles. The second-order valence-corrected chi connectivity index (χ2v) is 5.28. The zero-order valence-corrected chi connectivity index (χ0v) is 9.61. The Morgan fingerprint density at radius 2 is 2.43 bits per heavy atom. The zero-order chi connectivity index (χ0) is 10.7. The highest BCUT2D eigenvalue weighted by Crippen LogP contribution is 2.34. The summed E-state index contributed by atoms with van der Waals surface area (Å²) in [5, 5.41) is 8.95. The fourth-order valence-electron chi connectivity index (χ4n) is 0.949. The molecule has 0 aliphatic rings. The Balaban J connectivity index is 2.76. The summed E-state index contributed by atoms with van der Waals surface area (Å²) >= 11 is 2.66. The summed E-state index contributed by atoms with van der Waals surface area (Å²) in [6.45, 7) is 3.69. The van der Waals surface area contributed by atoms with E-state index in [2.05, 4.69) is 4.98 Å². The smallest absolute Gasteiger partial charge is 0.317 e. The molecule has 0 saturated carbocycles. The van der Waals surface area contributed by atoms with Crippen LogP contribution in [0.15, 0.2) is 4.21 Å². The Morgan fingerprint density at radius 1 is 1.79 bits per heavy atom. The molecular weight excluding hydrogens is 220 g/mol. The lowest BCUT2D eigenvalue weighted by Gasteiger charge is -2.06. The Hall–Kier alpha value is -0.750. The highest BCUT2D eigenvalue weighted by Gasteiger charge is 2.19. The van der Waals surface area contributed by atoms with Gasteiger partial charge in [-0.1, -0.05) is 30.0 Å². The molecule has 3 N–H and O–H groups in total. The van der Waals surface area contributed by atoms with E-state index in [0.29, 0.717) is 11.6 Å². The second kappa shape index (κ2) is 4.65. The SMILES string of the molecule is CCC(Sc1sc(N)nc1C)C(=O)O. The molecule has 0 aliphatic heterocycles. The molecule has 0 spiro atoms. The van der Waals surface area contributed by atoms with E-state index in [-0.39, 0.29) is 0 Å². The zero-order valence-electron chi connectivity index (χ0n) is 7.98. The lowest BCUT2D eigenvalue weighted by atomic mass is 10.3. The predicted octanol–water partition coefficient (Wildman–Crippen LogP) is 1.99. The molecule has 14 heavy (non-hydrogen) atoms. The minimum absolute atomic E-state index is 0.409. The van der Waals surface area contributed by atoms with Crippen LogP contribution >= 0.6 is 23.1 Å². The Bertz CT molecular complexity index is 338. The summed E-state index contributed by atoms with van der Waals surface area (Å²) in [6, 6.07) is 0. The van der Waals surface area contributed by atoms with Crippen LogP contribution in [0.25, 0.3) is 0 Å². The van der Waals surface area contributed by atoms with Crippen molar-refractivity contribution in [3.05, 3.63) is 5.69 Å². The van der Waals surface area contributed by atoms with Gasteiger partial charge < -0.3 is 10.8 Å². The van der Waals surface area contributed by atoms with Gasteiger partial charge in [0.2, 0.25) is 0 Å². The van der Waals surface area contributed by atoms with Crippen LogP contribution in [0.5, 0.6) is 0 Å². The number of carboxylic acids is 1. The summed E-state index contributed by atoms with van der Waals surface area (Å²) in [5.74, 6) is -0.788. The van der Waals surface area contributed by atoms with Crippen LogP contribution in [0.2, 0.25) is 0 Å². The molecule has 1 aromatic rings. The maximum Gasteiger partial charge on any atom is 0.317 e. The number of thiazole rings is 1. The summed E-state index contributed by atoms with van der Waals surface area (Å²) < 4.78 is 0.900. The van der Waals surface area contributed by atoms with E-state index >= 15 is 0 Å². The number of nitrogen functional groups attached to an aromatic ring is 1. The van der Waals surface area contributed by atoms with Crippen LogP contribution in [-0.4, -0.2) is 21.3 Å². The van der Waals surface area contributed by atoms with Gasteiger partial charge in [-0.25, -0.2) is 4.98 Å². The normalized spacial score (nSPS) is 12.7. The van der Waals surface area contributed by atoms with Crippen molar-refractivity contribution in [3.8, 4) is 0 Å². The van der Waals surface area contributed by atoms with Crippen molar-refractivity contribution >= 4 is 34.2 Å². The van der Waals surface area contributed by atoms with Gasteiger partial charge in [-0.15, -0.1) is 0 Å². The van der Waals surface area contributed by atoms with Crippen molar-refractivity contribution in [2.45, 2.75) is 29.7 Å². The highest BCUT2D eigenvalue weighted by molar-refractivity contribution is 8.02. The van der Waals surface area contributed by atoms with E-state index in [1.807, 2.05) is 13.8 Å². The standard InChI is InChI=1S/C8H12N2O2S2/c1-3-5(6(11)12)13-7-4(2)10-8(9)14-7/h5H,3H2,1-2H3,(H2,9,10)(H,11,12). The molecular formula is C8H12N2O2S2. The van der Waals surface area contributed by atoms with Crippen molar-refractivity contribution in [3.63, 3.8) is 0 Å². The van der Waals surface area contributed by atoms with Crippen molar-refractivity contribution in [1.29, 1.82) is 0 Å². The number of aryl methyl sites for hydroxylation is 1. The number of hydrogen-bond donors (Lipinski definition) is 2. The fraction of sp³-hybridized carbons (Fsp3) is 0.500. The first-order chi connectivity index (χ1) is 6.54. The van der Waals surface area contributed by atoms with E-state index in [1.165, 1.54) is 23.1 Å². The molecule has 1 atom stereocenters. The third-order valence-corrected chi connectivity index (χ3v) is 4.31. The minimum Gasteiger partial charge on any atom is -0.480 e. The molecule has 0 amide bonds. The number of nitrogens with zero attached hydrogens (tertiary/aromatic N) is 1. The first-order valence-corrected chi connectivity index (χ1v) is 5.86. The quantitative estimate of drug-likeness (QED) is 0.776. The number of rotatable bonds is 4. The van der Waals surface area contributed by atoms with Crippen LogP contribution in [0, 0.1) is 6.92 Å². The molecule has 6 heteroatoms. The lowest BCUT2D eigenvalue weighted by molar-refractivity contribution is -0.136. The lowest BCUT2D eigenvalue weighted by Crippen LogP contribution is -2.14. The summed E-state index contributed by atoms with van der Waals surface area (Å²) in [4.78, 5) is 14.8. The summed E-state index contributed by atoms with van der Waals surface area (Å²) in [7, 11) is 0. The fourth-order valence-corrected chi connectivity index (χ4v) is 3.05. The minimum atomic E-state index is -0.788. The van der Waals surface area contributed by atoms with Crippen LogP contribution in [0.4, 0.5) is 5.13 Å². The van der Waals surface area contributed by atoms with Crippen LogP contribution < -0.4 is 5.73 Å². The van der Waals surface area contributed by atoms with E-state index in [1.54, 1.807) is 0 Å². The van der Waals surface area contributed by atoms with Gasteiger partial charge in [-0.3, -0.25) is 4.79 Å². The van der Waals surface area contributed by atoms with Gasteiger partial charge in [0.15, 0.2) is 5.13 Å². The van der Waals surface area contributed by atoms with E-state index < -0.39 is 11.2 Å². The molecule has 1 unspecified atom stereocenters. The molecule has 0 saturated heterocycles. The number of aromatic nitrogens is 1. The molecule has 0 fully saturated rings. The highest BCUT2D eigenvalue weighted by atomic mass is 32.2. The average Bonchev–Trinajstić information content (AvgIpc) is 2.40. The Morgan fingerprint density at radius 3 is 2.79 bits per heavy atom. The number of carbonyl (C=O) groups is 1. The summed E-state index contributed by atoms with van der Waals surface area (Å²) in [6.07, 6.45) is 0.594. The van der Waals surface area contributed by atoms with Crippen molar-refractivity contribution in [2.75, 3.05) is 5.73 Å². The van der Waals surface area contributed by atoms with Crippen LogP contribution in [0.3, 0.4) is 0 Å². The topological polar surface area (TPSA) is 76.2 Å². The predicted molar refractivity (Wildman–Crippen MR) is 58.8 cm³/mol. The molecule has 0 aromatic carbocycles.